The monoisotopic (exact) mass is 444 g/mol. The highest BCUT2D eigenvalue weighted by Gasteiger charge is 2.64. The van der Waals surface area contributed by atoms with Crippen molar-refractivity contribution in [3.8, 4) is 0 Å². The Morgan fingerprint density at radius 1 is 1.09 bits per heavy atom. The van der Waals surface area contributed by atoms with Crippen LogP contribution in [0.25, 0.3) is 0 Å². The summed E-state index contributed by atoms with van der Waals surface area (Å²) in [5.41, 5.74) is 4.01. The number of ether oxygens (including phenoxy) is 4. The van der Waals surface area contributed by atoms with Crippen molar-refractivity contribution in [3.63, 3.8) is 0 Å². The van der Waals surface area contributed by atoms with Gasteiger partial charge in [-0.05, 0) is 26.8 Å². The van der Waals surface area contributed by atoms with Gasteiger partial charge in [0.15, 0.2) is 0 Å². The third-order valence-corrected chi connectivity index (χ3v) is 5.23. The molecule has 10 nitrogen and oxygen atoms in total. The van der Waals surface area contributed by atoms with E-state index in [2.05, 4.69) is 0 Å². The van der Waals surface area contributed by atoms with Gasteiger partial charge in [-0.2, -0.15) is 0 Å². The molecule has 32 heavy (non-hydrogen) atoms. The minimum absolute atomic E-state index is 0.0103. The molecule has 1 amide bonds. The SMILES string of the molecule is COC(=O)CN1C(=O)C2(C(C(=O)OC(C)C)=C(C)OC(N)=C2C(=O)OC)c2ccccc21. The summed E-state index contributed by atoms with van der Waals surface area (Å²) in [5.74, 6) is -3.68. The first-order valence-corrected chi connectivity index (χ1v) is 9.78. The second-order valence-electron chi connectivity index (χ2n) is 7.45. The van der Waals surface area contributed by atoms with E-state index in [1.165, 1.54) is 14.0 Å². The summed E-state index contributed by atoms with van der Waals surface area (Å²) in [7, 11) is 2.30. The summed E-state index contributed by atoms with van der Waals surface area (Å²) < 4.78 is 20.5. The Kier molecular flexibility index (Phi) is 5.98. The zero-order valence-corrected chi connectivity index (χ0v) is 18.4. The highest BCUT2D eigenvalue weighted by Crippen LogP contribution is 2.54. The number of benzene rings is 1. The number of fused-ring (bicyclic) bond motifs is 2. The summed E-state index contributed by atoms with van der Waals surface area (Å²) in [4.78, 5) is 53.4. The van der Waals surface area contributed by atoms with Crippen LogP contribution in [0.2, 0.25) is 0 Å². The molecule has 0 radical (unpaired) electrons. The van der Waals surface area contributed by atoms with Crippen molar-refractivity contribution in [2.75, 3.05) is 25.7 Å². The number of hydrogen-bond acceptors (Lipinski definition) is 9. The van der Waals surface area contributed by atoms with Gasteiger partial charge < -0.3 is 24.7 Å². The molecule has 10 heteroatoms. The molecule has 1 aromatic carbocycles. The molecule has 2 N–H and O–H groups in total. The third kappa shape index (κ3) is 3.28. The molecule has 0 fully saturated rings. The lowest BCUT2D eigenvalue weighted by molar-refractivity contribution is -0.145. The van der Waals surface area contributed by atoms with Gasteiger partial charge in [-0.3, -0.25) is 14.5 Å². The normalized spacial score (nSPS) is 19.8. The fourth-order valence-corrected chi connectivity index (χ4v) is 4.05. The van der Waals surface area contributed by atoms with Gasteiger partial charge in [0.1, 0.15) is 28.9 Å². The Morgan fingerprint density at radius 3 is 2.34 bits per heavy atom. The number of nitrogens with zero attached hydrogens (tertiary/aromatic N) is 1. The fourth-order valence-electron chi connectivity index (χ4n) is 4.05. The molecule has 0 saturated heterocycles. The Bertz CT molecular complexity index is 1070. The van der Waals surface area contributed by atoms with Crippen molar-refractivity contribution in [2.45, 2.75) is 32.3 Å². The number of para-hydroxylation sites is 1. The summed E-state index contributed by atoms with van der Waals surface area (Å²) in [5, 5.41) is 0. The molecule has 1 aromatic rings. The molecule has 1 unspecified atom stereocenters. The Hall–Kier alpha value is -3.82. The number of hydrogen-bond donors (Lipinski definition) is 1. The van der Waals surface area contributed by atoms with Crippen molar-refractivity contribution in [3.05, 3.63) is 52.6 Å². The molecule has 3 rings (SSSR count). The minimum atomic E-state index is -2.03. The number of rotatable bonds is 5. The molecule has 0 saturated carbocycles. The van der Waals surface area contributed by atoms with Gasteiger partial charge >= 0.3 is 17.9 Å². The third-order valence-electron chi connectivity index (χ3n) is 5.23. The van der Waals surface area contributed by atoms with Crippen molar-refractivity contribution >= 4 is 29.5 Å². The molecular weight excluding hydrogens is 420 g/mol. The number of esters is 3. The standard InChI is InChI=1S/C22H24N2O8/c1-11(2)31-20(27)16-12(3)32-18(23)17(19(26)30-5)22(16)13-8-6-7-9-14(13)24(21(22)28)10-15(25)29-4/h6-9,11H,10,23H2,1-5H3. The summed E-state index contributed by atoms with van der Waals surface area (Å²) in [6, 6.07) is 6.45. The smallest absolute Gasteiger partial charge is 0.340 e. The van der Waals surface area contributed by atoms with Crippen LogP contribution in [0, 0.1) is 0 Å². The van der Waals surface area contributed by atoms with E-state index in [4.69, 9.17) is 24.7 Å². The number of nitrogens with two attached hydrogens (primary N) is 1. The molecular formula is C22H24N2O8. The molecule has 170 valence electrons. The van der Waals surface area contributed by atoms with E-state index >= 15 is 0 Å². The van der Waals surface area contributed by atoms with Crippen LogP contribution in [0.15, 0.2) is 47.1 Å². The highest BCUT2D eigenvalue weighted by atomic mass is 16.5. The number of amides is 1. The second kappa shape index (κ2) is 8.37. The van der Waals surface area contributed by atoms with Gasteiger partial charge in [0.05, 0.1) is 20.3 Å². The maximum absolute atomic E-state index is 14.0. The number of anilines is 1. The van der Waals surface area contributed by atoms with Crippen LogP contribution in [0.4, 0.5) is 5.69 Å². The first-order chi connectivity index (χ1) is 15.1. The van der Waals surface area contributed by atoms with E-state index < -0.39 is 47.8 Å². The van der Waals surface area contributed by atoms with Gasteiger partial charge in [0.25, 0.3) is 0 Å². The van der Waals surface area contributed by atoms with Gasteiger partial charge in [0, 0.05) is 11.3 Å². The van der Waals surface area contributed by atoms with Crippen LogP contribution in [-0.4, -0.2) is 50.7 Å². The molecule has 0 aromatic heterocycles. The average Bonchev–Trinajstić information content (AvgIpc) is 2.96. The Morgan fingerprint density at radius 2 is 1.75 bits per heavy atom. The van der Waals surface area contributed by atoms with Gasteiger partial charge in [-0.1, -0.05) is 18.2 Å². The number of carbonyl (C=O) groups excluding carboxylic acids is 4. The largest absolute Gasteiger partial charge is 0.468 e. The molecule has 0 bridgehead atoms. The van der Waals surface area contributed by atoms with Gasteiger partial charge in [-0.25, -0.2) is 9.59 Å². The van der Waals surface area contributed by atoms with Crippen LogP contribution < -0.4 is 10.6 Å². The second-order valence-corrected chi connectivity index (χ2v) is 7.45. The van der Waals surface area contributed by atoms with Crippen LogP contribution >= 0.6 is 0 Å². The first kappa shape index (κ1) is 22.9. The number of carbonyl (C=O) groups is 4. The van der Waals surface area contributed by atoms with E-state index in [-0.39, 0.29) is 22.5 Å². The number of methoxy groups -OCH3 is 2. The van der Waals surface area contributed by atoms with E-state index in [1.54, 1.807) is 38.1 Å². The average molecular weight is 444 g/mol. The van der Waals surface area contributed by atoms with E-state index in [0.29, 0.717) is 5.69 Å². The Balaban J connectivity index is 2.40. The van der Waals surface area contributed by atoms with Crippen molar-refractivity contribution in [2.24, 2.45) is 5.73 Å². The molecule has 2 aliphatic heterocycles. The summed E-state index contributed by atoms with van der Waals surface area (Å²) in [6.45, 7) is 4.28. The van der Waals surface area contributed by atoms with Gasteiger partial charge in [0.2, 0.25) is 11.8 Å². The maximum Gasteiger partial charge on any atom is 0.340 e. The lowest BCUT2D eigenvalue weighted by atomic mass is 9.67. The predicted octanol–water partition coefficient (Wildman–Crippen LogP) is 1.04. The first-order valence-electron chi connectivity index (χ1n) is 9.78. The van der Waals surface area contributed by atoms with E-state index in [0.717, 1.165) is 12.0 Å². The zero-order valence-electron chi connectivity index (χ0n) is 18.4. The number of allylic oxidation sites excluding steroid dienone is 1. The summed E-state index contributed by atoms with van der Waals surface area (Å²) >= 11 is 0. The van der Waals surface area contributed by atoms with Crippen LogP contribution in [0.3, 0.4) is 0 Å². The van der Waals surface area contributed by atoms with Crippen LogP contribution in [0.5, 0.6) is 0 Å². The van der Waals surface area contributed by atoms with E-state index in [9.17, 15) is 19.2 Å². The quantitative estimate of drug-likeness (QED) is 0.522. The van der Waals surface area contributed by atoms with Crippen molar-refractivity contribution in [1.82, 2.24) is 0 Å². The highest BCUT2D eigenvalue weighted by molar-refractivity contribution is 6.23. The lowest BCUT2D eigenvalue weighted by Crippen LogP contribution is -2.51. The molecule has 2 aliphatic rings. The molecule has 0 aliphatic carbocycles. The predicted molar refractivity (Wildman–Crippen MR) is 111 cm³/mol. The van der Waals surface area contributed by atoms with Crippen molar-refractivity contribution in [1.29, 1.82) is 0 Å². The Labute approximate surface area is 184 Å². The topological polar surface area (TPSA) is 134 Å². The lowest BCUT2D eigenvalue weighted by Gasteiger charge is -2.36. The molecule has 1 spiro atoms. The molecule has 1 atom stereocenters. The zero-order chi connectivity index (χ0) is 23.8. The molecule has 2 heterocycles. The minimum Gasteiger partial charge on any atom is -0.468 e. The summed E-state index contributed by atoms with van der Waals surface area (Å²) in [6.07, 6.45) is -0.525. The fraction of sp³-hybridized carbons (Fsp3) is 0.364. The van der Waals surface area contributed by atoms with Crippen LogP contribution in [0.1, 0.15) is 26.3 Å². The van der Waals surface area contributed by atoms with Gasteiger partial charge in [-0.15, -0.1) is 0 Å². The van der Waals surface area contributed by atoms with E-state index in [1.807, 2.05) is 0 Å². The van der Waals surface area contributed by atoms with Crippen LogP contribution in [-0.2, 0) is 43.5 Å². The maximum atomic E-state index is 14.0. The van der Waals surface area contributed by atoms with Crippen molar-refractivity contribution < 1.29 is 38.1 Å².